The van der Waals surface area contributed by atoms with E-state index >= 15 is 0 Å². The molecule has 2 aromatic carbocycles. The normalized spacial score (nSPS) is 12.7. The fourth-order valence-corrected chi connectivity index (χ4v) is 3.78. The number of H-pyrrole nitrogens is 1. The number of nitrogen functional groups attached to an aromatic ring is 1. The van der Waals surface area contributed by atoms with Crippen molar-refractivity contribution in [2.45, 2.75) is 38.3 Å². The third kappa shape index (κ3) is 5.82. The molecule has 4 aromatic rings. The summed E-state index contributed by atoms with van der Waals surface area (Å²) in [5.74, 6) is -0.890. The van der Waals surface area contributed by atoms with Crippen molar-refractivity contribution in [1.29, 1.82) is 0 Å². The van der Waals surface area contributed by atoms with Gasteiger partial charge in [-0.1, -0.05) is 49.7 Å². The first-order chi connectivity index (χ1) is 16.9. The Kier molecular flexibility index (Phi) is 7.37. The predicted octanol–water partition coefficient (Wildman–Crippen LogP) is 3.35. The van der Waals surface area contributed by atoms with E-state index in [9.17, 15) is 14.7 Å². The fourth-order valence-electron chi connectivity index (χ4n) is 3.78. The average Bonchev–Trinajstić information content (AvgIpc) is 3.25. The molecule has 0 bridgehead atoms. The molecule has 2 amide bonds. The summed E-state index contributed by atoms with van der Waals surface area (Å²) < 4.78 is 0. The summed E-state index contributed by atoms with van der Waals surface area (Å²) in [6, 6.07) is 16.4. The maximum absolute atomic E-state index is 13.0. The molecule has 0 aliphatic carbocycles. The Hall–Kier alpha value is -4.24. The Morgan fingerprint density at radius 1 is 1.11 bits per heavy atom. The van der Waals surface area contributed by atoms with Crippen molar-refractivity contribution in [1.82, 2.24) is 20.3 Å². The highest BCUT2D eigenvalue weighted by Gasteiger charge is 2.30. The molecule has 9 heteroatoms. The number of anilines is 2. The molecule has 0 saturated carbocycles. The number of pyridine rings is 1. The summed E-state index contributed by atoms with van der Waals surface area (Å²) in [6.45, 7) is 2.12. The van der Waals surface area contributed by atoms with Crippen molar-refractivity contribution >= 4 is 34.5 Å². The van der Waals surface area contributed by atoms with E-state index < -0.39 is 24.0 Å². The number of carbonyl (C=O) groups is 2. The van der Waals surface area contributed by atoms with Crippen LogP contribution in [-0.4, -0.2) is 38.0 Å². The molecular weight excluding hydrogens is 444 g/mol. The zero-order valence-corrected chi connectivity index (χ0v) is 19.4. The zero-order chi connectivity index (χ0) is 24.8. The van der Waals surface area contributed by atoms with Crippen LogP contribution in [0.2, 0.25) is 0 Å². The molecule has 0 aliphatic heterocycles. The van der Waals surface area contributed by atoms with Gasteiger partial charge in [0.1, 0.15) is 5.69 Å². The van der Waals surface area contributed by atoms with Gasteiger partial charge >= 0.3 is 0 Å². The number of aliphatic hydroxyl groups is 1. The van der Waals surface area contributed by atoms with Crippen LogP contribution in [0.15, 0.2) is 66.9 Å². The molecule has 2 heterocycles. The van der Waals surface area contributed by atoms with Crippen LogP contribution >= 0.6 is 0 Å². The number of aliphatic hydroxyl groups excluding tert-OH is 1. The molecule has 4 rings (SSSR count). The maximum Gasteiger partial charge on any atom is 0.270 e. The highest BCUT2D eigenvalue weighted by molar-refractivity contribution is 5.98. The molecule has 180 valence electrons. The van der Waals surface area contributed by atoms with Crippen molar-refractivity contribution in [3.05, 3.63) is 83.7 Å². The van der Waals surface area contributed by atoms with E-state index in [1.165, 1.54) is 0 Å². The molecular formula is C26H28N6O3. The Bertz CT molecular complexity index is 1300. The zero-order valence-electron chi connectivity index (χ0n) is 19.4. The largest absolute Gasteiger partial charge is 0.381 e. The Morgan fingerprint density at radius 3 is 2.63 bits per heavy atom. The number of imidazole rings is 1. The monoisotopic (exact) mass is 472 g/mol. The minimum absolute atomic E-state index is 0.209. The lowest BCUT2D eigenvalue weighted by Gasteiger charge is -2.24. The second kappa shape index (κ2) is 10.8. The first-order valence-electron chi connectivity index (χ1n) is 11.5. The number of aromatic amines is 1. The second-order valence-electron chi connectivity index (χ2n) is 8.31. The van der Waals surface area contributed by atoms with E-state index in [1.807, 2.05) is 12.1 Å². The summed E-state index contributed by atoms with van der Waals surface area (Å²) >= 11 is 0. The van der Waals surface area contributed by atoms with Crippen LogP contribution in [0.25, 0.3) is 11.0 Å². The first-order valence-corrected chi connectivity index (χ1v) is 11.5. The quantitative estimate of drug-likeness (QED) is 0.252. The molecule has 2 atom stereocenters. The van der Waals surface area contributed by atoms with E-state index in [-0.39, 0.29) is 11.6 Å². The lowest BCUT2D eigenvalue weighted by molar-refractivity contribution is -0.125. The predicted molar refractivity (Wildman–Crippen MR) is 135 cm³/mol. The van der Waals surface area contributed by atoms with Gasteiger partial charge in [-0.2, -0.15) is 0 Å². The number of fused-ring (bicyclic) bond motifs is 1. The average molecular weight is 473 g/mol. The number of rotatable bonds is 9. The summed E-state index contributed by atoms with van der Waals surface area (Å²) in [7, 11) is 0. The summed E-state index contributed by atoms with van der Waals surface area (Å²) in [5.41, 5.74) is 9.28. The number of aromatic nitrogens is 3. The summed E-state index contributed by atoms with van der Waals surface area (Å²) in [5, 5.41) is 16.4. The van der Waals surface area contributed by atoms with Gasteiger partial charge in [0, 0.05) is 11.9 Å². The SMILES string of the molecule is CCCCc1ccc(C(=O)NC(c2ccccc2)C(O)C(=O)Nc2ccc3nc(N)[nH]c3c2)nc1. The van der Waals surface area contributed by atoms with Gasteiger partial charge in [0.15, 0.2) is 12.1 Å². The molecule has 9 nitrogen and oxygen atoms in total. The van der Waals surface area contributed by atoms with E-state index in [4.69, 9.17) is 5.73 Å². The third-order valence-electron chi connectivity index (χ3n) is 5.67. The number of amides is 2. The topological polar surface area (TPSA) is 146 Å². The van der Waals surface area contributed by atoms with Crippen molar-refractivity contribution in [2.24, 2.45) is 0 Å². The lowest BCUT2D eigenvalue weighted by atomic mass is 10.00. The molecule has 0 spiro atoms. The van der Waals surface area contributed by atoms with E-state index in [2.05, 4.69) is 32.5 Å². The number of hydrogen-bond donors (Lipinski definition) is 5. The Morgan fingerprint density at radius 2 is 1.91 bits per heavy atom. The van der Waals surface area contributed by atoms with Gasteiger partial charge in [-0.15, -0.1) is 0 Å². The molecule has 0 aliphatic rings. The van der Waals surface area contributed by atoms with Crippen molar-refractivity contribution < 1.29 is 14.7 Å². The van der Waals surface area contributed by atoms with Crippen LogP contribution in [-0.2, 0) is 11.2 Å². The number of unbranched alkanes of at least 4 members (excludes halogenated alkanes) is 1. The molecule has 35 heavy (non-hydrogen) atoms. The standard InChI is InChI=1S/C26H28N6O3/c1-2-3-7-16-10-12-20(28-15-16)24(34)32-22(17-8-5-4-6-9-17)23(33)25(35)29-18-11-13-19-21(14-18)31-26(27)30-19/h4-6,8-15,22-23,33H,2-3,7H2,1H3,(H,29,35)(H,32,34)(H3,27,30,31). The van der Waals surface area contributed by atoms with Crippen molar-refractivity contribution in [3.63, 3.8) is 0 Å². The number of aryl methyl sites for hydroxylation is 1. The van der Waals surface area contributed by atoms with Crippen LogP contribution in [0.1, 0.15) is 47.4 Å². The highest BCUT2D eigenvalue weighted by atomic mass is 16.3. The summed E-state index contributed by atoms with van der Waals surface area (Å²) in [6.07, 6.45) is 3.14. The molecule has 6 N–H and O–H groups in total. The minimum Gasteiger partial charge on any atom is -0.381 e. The molecule has 0 saturated heterocycles. The van der Waals surface area contributed by atoms with Gasteiger partial charge in [-0.05, 0) is 48.2 Å². The smallest absolute Gasteiger partial charge is 0.270 e. The van der Waals surface area contributed by atoms with Gasteiger partial charge in [0.25, 0.3) is 11.8 Å². The first kappa shape index (κ1) is 23.9. The van der Waals surface area contributed by atoms with Gasteiger partial charge in [0.2, 0.25) is 0 Å². The highest BCUT2D eigenvalue weighted by Crippen LogP contribution is 2.22. The van der Waals surface area contributed by atoms with E-state index in [0.717, 1.165) is 24.8 Å². The van der Waals surface area contributed by atoms with Gasteiger partial charge in [0.05, 0.1) is 17.1 Å². The lowest BCUT2D eigenvalue weighted by Crippen LogP contribution is -2.42. The summed E-state index contributed by atoms with van der Waals surface area (Å²) in [4.78, 5) is 37.2. The Labute approximate surface area is 202 Å². The van der Waals surface area contributed by atoms with Crippen LogP contribution in [0.3, 0.4) is 0 Å². The van der Waals surface area contributed by atoms with Gasteiger partial charge in [-0.3, -0.25) is 14.6 Å². The van der Waals surface area contributed by atoms with Crippen LogP contribution in [0.4, 0.5) is 11.6 Å². The third-order valence-corrected chi connectivity index (χ3v) is 5.67. The second-order valence-corrected chi connectivity index (χ2v) is 8.31. The van der Waals surface area contributed by atoms with Crippen molar-refractivity contribution in [3.8, 4) is 0 Å². The number of nitrogens with two attached hydrogens (primary N) is 1. The number of carbonyl (C=O) groups excluding carboxylic acids is 2. The molecule has 0 fully saturated rings. The van der Waals surface area contributed by atoms with Crippen LogP contribution < -0.4 is 16.4 Å². The number of nitrogens with one attached hydrogen (secondary N) is 3. The van der Waals surface area contributed by atoms with Gasteiger partial charge < -0.3 is 26.5 Å². The van der Waals surface area contributed by atoms with Crippen molar-refractivity contribution in [2.75, 3.05) is 11.1 Å². The maximum atomic E-state index is 13.0. The number of nitrogens with zero attached hydrogens (tertiary/aromatic N) is 2. The van der Waals surface area contributed by atoms with Crippen LogP contribution in [0.5, 0.6) is 0 Å². The molecule has 2 unspecified atom stereocenters. The fraction of sp³-hybridized carbons (Fsp3) is 0.231. The van der Waals surface area contributed by atoms with Gasteiger partial charge in [-0.25, -0.2) is 4.98 Å². The number of hydrogen-bond acceptors (Lipinski definition) is 6. The minimum atomic E-state index is -1.56. The molecule has 0 radical (unpaired) electrons. The Balaban J connectivity index is 1.51. The van der Waals surface area contributed by atoms with E-state index in [0.29, 0.717) is 22.3 Å². The number of benzene rings is 2. The van der Waals surface area contributed by atoms with E-state index in [1.54, 1.807) is 54.7 Å². The van der Waals surface area contributed by atoms with Crippen LogP contribution in [0, 0.1) is 0 Å². The molecule has 2 aromatic heterocycles.